The number of aromatic nitrogens is 3. The quantitative estimate of drug-likeness (QED) is 0.907. The van der Waals surface area contributed by atoms with E-state index in [1.807, 2.05) is 39.0 Å². The van der Waals surface area contributed by atoms with Gasteiger partial charge in [-0.05, 0) is 32.9 Å². The molecule has 0 atom stereocenters. The van der Waals surface area contributed by atoms with Gasteiger partial charge in [0.05, 0.1) is 6.10 Å². The number of ether oxygens (including phenoxy) is 1. The molecule has 0 saturated carbocycles. The molecule has 0 unspecified atom stereocenters. The number of aryl methyl sites for hydroxylation is 1. The van der Waals surface area contributed by atoms with Crippen molar-refractivity contribution in [1.82, 2.24) is 15.0 Å². The summed E-state index contributed by atoms with van der Waals surface area (Å²) in [7, 11) is 0. The second kappa shape index (κ2) is 6.66. The van der Waals surface area contributed by atoms with Crippen LogP contribution in [-0.4, -0.2) is 21.1 Å². The fourth-order valence-electron chi connectivity index (χ4n) is 1.77. The molecule has 2 rings (SSSR count). The Morgan fingerprint density at radius 3 is 2.90 bits per heavy atom. The van der Waals surface area contributed by atoms with Crippen molar-refractivity contribution in [3.05, 3.63) is 41.3 Å². The fourth-order valence-corrected chi connectivity index (χ4v) is 1.77. The van der Waals surface area contributed by atoms with E-state index in [1.54, 1.807) is 12.3 Å². The van der Waals surface area contributed by atoms with Crippen LogP contribution in [0.1, 0.15) is 30.8 Å². The van der Waals surface area contributed by atoms with Crippen LogP contribution in [0.3, 0.4) is 0 Å². The van der Waals surface area contributed by atoms with Crippen LogP contribution in [0.15, 0.2) is 24.4 Å². The van der Waals surface area contributed by atoms with Gasteiger partial charge in [-0.2, -0.15) is 5.26 Å². The molecule has 1 N–H and O–H groups in total. The highest BCUT2D eigenvalue weighted by atomic mass is 16.5. The molecule has 0 aliphatic rings. The van der Waals surface area contributed by atoms with Crippen LogP contribution in [0, 0.1) is 18.3 Å². The summed E-state index contributed by atoms with van der Waals surface area (Å²) in [6.45, 7) is 6.21. The Bertz CT molecular complexity index is 663. The van der Waals surface area contributed by atoms with Crippen LogP contribution >= 0.6 is 0 Å². The molecule has 0 aliphatic heterocycles. The smallest absolute Gasteiger partial charge is 0.224 e. The van der Waals surface area contributed by atoms with Crippen molar-refractivity contribution >= 4 is 5.95 Å². The number of hydrogen-bond acceptors (Lipinski definition) is 6. The molecule has 0 aliphatic carbocycles. The molecule has 0 amide bonds. The second-order valence-corrected chi connectivity index (χ2v) is 4.82. The van der Waals surface area contributed by atoms with Crippen molar-refractivity contribution in [2.75, 3.05) is 5.32 Å². The maximum atomic E-state index is 8.92. The van der Waals surface area contributed by atoms with Gasteiger partial charge in [0, 0.05) is 24.0 Å². The average molecular weight is 283 g/mol. The summed E-state index contributed by atoms with van der Waals surface area (Å²) in [5.74, 6) is 1.01. The standard InChI is InChI=1S/C15H17N5O/c1-10(2)21-14-12(5-4-6-17-14)9-18-15-19-11(3)7-13(8-16)20-15/h4-7,10H,9H2,1-3H3,(H,18,19,20). The van der Waals surface area contributed by atoms with Crippen molar-refractivity contribution in [1.29, 1.82) is 5.26 Å². The van der Waals surface area contributed by atoms with Gasteiger partial charge in [-0.1, -0.05) is 6.07 Å². The molecule has 6 heteroatoms. The number of rotatable bonds is 5. The Labute approximate surface area is 123 Å². The van der Waals surface area contributed by atoms with Crippen molar-refractivity contribution in [3.63, 3.8) is 0 Å². The lowest BCUT2D eigenvalue weighted by atomic mass is 10.2. The lowest BCUT2D eigenvalue weighted by molar-refractivity contribution is 0.230. The summed E-state index contributed by atoms with van der Waals surface area (Å²) in [6, 6.07) is 7.44. The Kier molecular flexibility index (Phi) is 4.67. The molecule has 0 radical (unpaired) electrons. The Morgan fingerprint density at radius 2 is 2.19 bits per heavy atom. The van der Waals surface area contributed by atoms with Crippen molar-refractivity contribution in [2.24, 2.45) is 0 Å². The van der Waals surface area contributed by atoms with Gasteiger partial charge < -0.3 is 10.1 Å². The summed E-state index contributed by atoms with van der Waals surface area (Å²) >= 11 is 0. The normalized spacial score (nSPS) is 10.2. The Hall–Kier alpha value is -2.68. The molecule has 2 aromatic rings. The number of pyridine rings is 1. The largest absolute Gasteiger partial charge is 0.475 e. The van der Waals surface area contributed by atoms with Gasteiger partial charge in [0.1, 0.15) is 11.8 Å². The third-order valence-electron chi connectivity index (χ3n) is 2.60. The van der Waals surface area contributed by atoms with Crippen LogP contribution in [0.25, 0.3) is 0 Å². The molecule has 0 bridgehead atoms. The molecular weight excluding hydrogens is 266 g/mol. The molecular formula is C15H17N5O. The average Bonchev–Trinajstić information content (AvgIpc) is 2.45. The molecule has 108 valence electrons. The minimum atomic E-state index is 0.0547. The molecule has 2 aromatic heterocycles. The van der Waals surface area contributed by atoms with Crippen LogP contribution in [0.5, 0.6) is 5.88 Å². The highest BCUT2D eigenvalue weighted by molar-refractivity contribution is 5.36. The van der Waals surface area contributed by atoms with E-state index in [0.717, 1.165) is 11.3 Å². The zero-order valence-corrected chi connectivity index (χ0v) is 12.3. The maximum absolute atomic E-state index is 8.92. The third kappa shape index (κ3) is 4.14. The molecule has 0 fully saturated rings. The van der Waals surface area contributed by atoms with Crippen LogP contribution in [0.4, 0.5) is 5.95 Å². The third-order valence-corrected chi connectivity index (χ3v) is 2.60. The van der Waals surface area contributed by atoms with Crippen LogP contribution in [0.2, 0.25) is 0 Å². The Morgan fingerprint density at radius 1 is 1.38 bits per heavy atom. The van der Waals surface area contributed by atoms with Crippen LogP contribution < -0.4 is 10.1 Å². The van der Waals surface area contributed by atoms with E-state index in [9.17, 15) is 0 Å². The van der Waals surface area contributed by atoms with Crippen molar-refractivity contribution in [3.8, 4) is 11.9 Å². The van der Waals surface area contributed by atoms with E-state index >= 15 is 0 Å². The topological polar surface area (TPSA) is 83.7 Å². The van der Waals surface area contributed by atoms with E-state index in [0.29, 0.717) is 24.1 Å². The highest BCUT2D eigenvalue weighted by Gasteiger charge is 2.08. The molecule has 21 heavy (non-hydrogen) atoms. The number of nitrogens with one attached hydrogen (secondary N) is 1. The number of hydrogen-bond donors (Lipinski definition) is 1. The van der Waals surface area contributed by atoms with E-state index in [2.05, 4.69) is 20.3 Å². The molecule has 0 spiro atoms. The highest BCUT2D eigenvalue weighted by Crippen LogP contribution is 2.17. The molecule has 0 saturated heterocycles. The van der Waals surface area contributed by atoms with Gasteiger partial charge in [-0.3, -0.25) is 0 Å². The minimum Gasteiger partial charge on any atom is -0.475 e. The van der Waals surface area contributed by atoms with Gasteiger partial charge in [-0.25, -0.2) is 15.0 Å². The first-order chi connectivity index (χ1) is 10.1. The summed E-state index contributed by atoms with van der Waals surface area (Å²) < 4.78 is 5.66. The minimum absolute atomic E-state index is 0.0547. The first-order valence-electron chi connectivity index (χ1n) is 6.68. The first-order valence-corrected chi connectivity index (χ1v) is 6.68. The van der Waals surface area contributed by atoms with E-state index in [1.165, 1.54) is 0 Å². The summed E-state index contributed by atoms with van der Waals surface area (Å²) in [6.07, 6.45) is 1.75. The summed E-state index contributed by atoms with van der Waals surface area (Å²) in [5.41, 5.74) is 2.00. The van der Waals surface area contributed by atoms with Gasteiger partial charge in [0.25, 0.3) is 0 Å². The second-order valence-electron chi connectivity index (χ2n) is 4.82. The van der Waals surface area contributed by atoms with Gasteiger partial charge in [0.15, 0.2) is 0 Å². The fraction of sp³-hybridized carbons (Fsp3) is 0.333. The van der Waals surface area contributed by atoms with Crippen LogP contribution in [-0.2, 0) is 6.54 Å². The molecule has 0 aromatic carbocycles. The Balaban J connectivity index is 2.13. The van der Waals surface area contributed by atoms with Gasteiger partial charge in [0.2, 0.25) is 11.8 Å². The van der Waals surface area contributed by atoms with E-state index in [4.69, 9.17) is 10.00 Å². The zero-order chi connectivity index (χ0) is 15.2. The number of anilines is 1. The van der Waals surface area contributed by atoms with E-state index < -0.39 is 0 Å². The van der Waals surface area contributed by atoms with E-state index in [-0.39, 0.29) is 6.10 Å². The summed E-state index contributed by atoms with van der Waals surface area (Å²) in [5, 5.41) is 12.0. The number of nitrogens with zero attached hydrogens (tertiary/aromatic N) is 4. The lowest BCUT2D eigenvalue weighted by Crippen LogP contribution is -2.11. The molecule has 2 heterocycles. The van der Waals surface area contributed by atoms with Gasteiger partial charge >= 0.3 is 0 Å². The first kappa shape index (κ1) is 14.7. The van der Waals surface area contributed by atoms with Gasteiger partial charge in [-0.15, -0.1) is 0 Å². The SMILES string of the molecule is Cc1cc(C#N)nc(NCc2cccnc2OC(C)C)n1. The van der Waals surface area contributed by atoms with Crippen molar-refractivity contribution in [2.45, 2.75) is 33.4 Å². The predicted molar refractivity (Wildman–Crippen MR) is 78.8 cm³/mol. The maximum Gasteiger partial charge on any atom is 0.224 e. The molecule has 6 nitrogen and oxygen atoms in total. The zero-order valence-electron chi connectivity index (χ0n) is 12.3. The summed E-state index contributed by atoms with van der Waals surface area (Å²) in [4.78, 5) is 12.6. The number of nitriles is 1. The van der Waals surface area contributed by atoms with Crippen molar-refractivity contribution < 1.29 is 4.74 Å². The lowest BCUT2D eigenvalue weighted by Gasteiger charge is -2.13. The monoisotopic (exact) mass is 283 g/mol. The predicted octanol–water partition coefficient (Wildman–Crippen LogP) is 2.45.